The lowest BCUT2D eigenvalue weighted by atomic mass is 10.0. The number of primary amides is 1. The van der Waals surface area contributed by atoms with Gasteiger partial charge in [0.2, 0.25) is 23.6 Å². The average molecular weight is 577 g/mol. The molecule has 4 rings (SSSR count). The van der Waals surface area contributed by atoms with E-state index >= 15 is 0 Å². The highest BCUT2D eigenvalue weighted by Crippen LogP contribution is 2.23. The third kappa shape index (κ3) is 7.52. The molecule has 2 aromatic carbocycles. The molecule has 1 aromatic heterocycles. The van der Waals surface area contributed by atoms with Crippen LogP contribution >= 0.6 is 0 Å². The Labute approximate surface area is 242 Å². The monoisotopic (exact) mass is 576 g/mol. The molecule has 1 aliphatic rings. The number of aromatic amines is 1. The van der Waals surface area contributed by atoms with Crippen molar-refractivity contribution >= 4 is 40.5 Å². The number of nitrogens with one attached hydrogen (secondary N) is 3. The van der Waals surface area contributed by atoms with Gasteiger partial charge in [-0.15, -0.1) is 0 Å². The number of carboxylic acids is 1. The highest BCUT2D eigenvalue weighted by atomic mass is 16.4. The van der Waals surface area contributed by atoms with Crippen molar-refractivity contribution in [2.45, 2.75) is 62.7 Å². The van der Waals surface area contributed by atoms with Gasteiger partial charge < -0.3 is 37.1 Å². The second-order valence-electron chi connectivity index (χ2n) is 10.5. The Hall–Kier alpha value is -4.71. The van der Waals surface area contributed by atoms with Crippen molar-refractivity contribution in [2.24, 2.45) is 11.5 Å². The van der Waals surface area contributed by atoms with Crippen LogP contribution in [0.1, 0.15) is 36.8 Å². The molecule has 1 fully saturated rings. The van der Waals surface area contributed by atoms with E-state index in [-0.39, 0.29) is 32.2 Å². The van der Waals surface area contributed by atoms with Crippen molar-refractivity contribution in [3.63, 3.8) is 0 Å². The number of carbonyl (C=O) groups excluding carboxylic acids is 4. The van der Waals surface area contributed by atoms with Crippen molar-refractivity contribution in [3.05, 3.63) is 71.9 Å². The van der Waals surface area contributed by atoms with E-state index in [4.69, 9.17) is 11.5 Å². The van der Waals surface area contributed by atoms with Gasteiger partial charge in [-0.05, 0) is 36.5 Å². The predicted molar refractivity (Wildman–Crippen MR) is 155 cm³/mol. The largest absolute Gasteiger partial charge is 0.480 e. The fourth-order valence-electron chi connectivity index (χ4n) is 5.25. The molecule has 222 valence electrons. The zero-order chi connectivity index (χ0) is 30.2. The minimum absolute atomic E-state index is 0.00799. The van der Waals surface area contributed by atoms with Crippen LogP contribution in [0.4, 0.5) is 0 Å². The number of nitrogens with two attached hydrogens (primary N) is 2. The van der Waals surface area contributed by atoms with E-state index < -0.39 is 53.8 Å². The van der Waals surface area contributed by atoms with Crippen LogP contribution < -0.4 is 22.1 Å². The topological polar surface area (TPSA) is 201 Å². The summed E-state index contributed by atoms with van der Waals surface area (Å²) in [5.41, 5.74) is 13.5. The van der Waals surface area contributed by atoms with Crippen LogP contribution in [0.2, 0.25) is 0 Å². The van der Waals surface area contributed by atoms with Gasteiger partial charge in [0.15, 0.2) is 0 Å². The maximum absolute atomic E-state index is 13.8. The molecule has 8 N–H and O–H groups in total. The first-order valence-corrected chi connectivity index (χ1v) is 13.9. The van der Waals surface area contributed by atoms with E-state index in [0.717, 1.165) is 22.0 Å². The molecule has 0 radical (unpaired) electrons. The summed E-state index contributed by atoms with van der Waals surface area (Å²) in [6.07, 6.45) is 2.74. The van der Waals surface area contributed by atoms with Gasteiger partial charge in [-0.2, -0.15) is 0 Å². The van der Waals surface area contributed by atoms with Crippen LogP contribution in [0, 0.1) is 0 Å². The summed E-state index contributed by atoms with van der Waals surface area (Å²) in [5, 5.41) is 16.0. The highest BCUT2D eigenvalue weighted by Gasteiger charge is 2.38. The standard InChI is InChI=1S/C30H36N6O6/c31-21(12-13-26(32)37)27(38)34-23(15-18-7-2-1-3-8-18)28(39)35-24(29(40)36-14-6-11-25(36)30(41)42)16-19-17-33-22-10-5-4-9-20(19)22/h1-5,7-10,17,21,23-25,33H,6,11-16,31H2,(H2,32,37)(H,34,38)(H,35,39)(H,41,42). The number of likely N-dealkylation sites (tertiary alicyclic amines) is 1. The summed E-state index contributed by atoms with van der Waals surface area (Å²) in [5.74, 6) is -3.48. The smallest absolute Gasteiger partial charge is 0.326 e. The second kappa shape index (κ2) is 13.8. The molecule has 4 atom stereocenters. The minimum Gasteiger partial charge on any atom is -0.480 e. The number of H-pyrrole nitrogens is 1. The number of para-hydroxylation sites is 1. The van der Waals surface area contributed by atoms with Crippen LogP contribution in [0.25, 0.3) is 10.9 Å². The molecule has 2 heterocycles. The molecule has 0 aliphatic carbocycles. The van der Waals surface area contributed by atoms with E-state index in [1.165, 1.54) is 4.90 Å². The molecule has 1 saturated heterocycles. The molecule has 42 heavy (non-hydrogen) atoms. The Morgan fingerprint density at radius 1 is 0.952 bits per heavy atom. The highest BCUT2D eigenvalue weighted by molar-refractivity contribution is 5.95. The van der Waals surface area contributed by atoms with Gasteiger partial charge >= 0.3 is 5.97 Å². The molecular formula is C30H36N6O6. The van der Waals surface area contributed by atoms with E-state index in [1.807, 2.05) is 30.3 Å². The summed E-state index contributed by atoms with van der Waals surface area (Å²) in [6.45, 7) is 0.259. The Morgan fingerprint density at radius 3 is 2.36 bits per heavy atom. The van der Waals surface area contributed by atoms with E-state index in [9.17, 15) is 29.1 Å². The van der Waals surface area contributed by atoms with Gasteiger partial charge in [0.05, 0.1) is 6.04 Å². The number of fused-ring (bicyclic) bond motifs is 1. The molecule has 0 saturated carbocycles. The fourth-order valence-corrected chi connectivity index (χ4v) is 5.25. The second-order valence-corrected chi connectivity index (χ2v) is 10.5. The van der Waals surface area contributed by atoms with Crippen molar-refractivity contribution in [3.8, 4) is 0 Å². The Bertz CT molecular complexity index is 1440. The molecule has 4 amide bonds. The van der Waals surface area contributed by atoms with Gasteiger partial charge in [0.1, 0.15) is 18.1 Å². The summed E-state index contributed by atoms with van der Waals surface area (Å²) in [7, 11) is 0. The average Bonchev–Trinajstić information content (AvgIpc) is 3.63. The first-order valence-electron chi connectivity index (χ1n) is 13.9. The first-order chi connectivity index (χ1) is 20.1. The third-order valence-electron chi connectivity index (χ3n) is 7.49. The fraction of sp³-hybridized carbons (Fsp3) is 0.367. The number of amides is 4. The molecule has 4 unspecified atom stereocenters. The Balaban J connectivity index is 1.60. The maximum atomic E-state index is 13.8. The molecular weight excluding hydrogens is 540 g/mol. The van der Waals surface area contributed by atoms with Gasteiger partial charge in [0.25, 0.3) is 0 Å². The quantitative estimate of drug-likeness (QED) is 0.171. The Kier molecular flexibility index (Phi) is 9.92. The summed E-state index contributed by atoms with van der Waals surface area (Å²) in [4.78, 5) is 68.0. The van der Waals surface area contributed by atoms with Crippen molar-refractivity contribution < 1.29 is 29.1 Å². The lowest BCUT2D eigenvalue weighted by Gasteiger charge is -2.29. The molecule has 12 nitrogen and oxygen atoms in total. The van der Waals surface area contributed by atoms with Crippen LogP contribution in [-0.4, -0.2) is 75.3 Å². The SMILES string of the molecule is NC(=O)CCC(N)C(=O)NC(Cc1ccccc1)C(=O)NC(Cc1c[nH]c2ccccc12)C(=O)N1CCCC1C(=O)O. The number of nitrogens with zero attached hydrogens (tertiary/aromatic N) is 1. The lowest BCUT2D eigenvalue weighted by Crippen LogP contribution is -2.58. The number of benzene rings is 2. The summed E-state index contributed by atoms with van der Waals surface area (Å²) >= 11 is 0. The van der Waals surface area contributed by atoms with E-state index in [1.54, 1.807) is 30.5 Å². The normalized spacial score (nSPS) is 16.9. The minimum atomic E-state index is -1.10. The molecule has 0 spiro atoms. The van der Waals surface area contributed by atoms with E-state index in [2.05, 4.69) is 15.6 Å². The van der Waals surface area contributed by atoms with Gasteiger partial charge in [-0.25, -0.2) is 4.79 Å². The first kappa shape index (κ1) is 30.3. The number of hydrogen-bond donors (Lipinski definition) is 6. The summed E-state index contributed by atoms with van der Waals surface area (Å²) < 4.78 is 0. The summed E-state index contributed by atoms with van der Waals surface area (Å²) in [6, 6.07) is 12.3. The number of carbonyl (C=O) groups is 5. The molecule has 3 aromatic rings. The van der Waals surface area contributed by atoms with Gasteiger partial charge in [-0.3, -0.25) is 19.2 Å². The number of carboxylic acid groups (broad SMARTS) is 1. The zero-order valence-corrected chi connectivity index (χ0v) is 23.1. The van der Waals surface area contributed by atoms with Crippen molar-refractivity contribution in [1.29, 1.82) is 0 Å². The third-order valence-corrected chi connectivity index (χ3v) is 7.49. The number of hydrogen-bond acceptors (Lipinski definition) is 6. The number of rotatable bonds is 13. The molecule has 12 heteroatoms. The Morgan fingerprint density at radius 2 is 1.64 bits per heavy atom. The maximum Gasteiger partial charge on any atom is 0.326 e. The van der Waals surface area contributed by atoms with Crippen LogP contribution in [0.5, 0.6) is 0 Å². The molecule has 1 aliphatic heterocycles. The van der Waals surface area contributed by atoms with Crippen LogP contribution in [0.15, 0.2) is 60.8 Å². The van der Waals surface area contributed by atoms with Gasteiger partial charge in [0, 0.05) is 42.9 Å². The zero-order valence-electron chi connectivity index (χ0n) is 23.1. The van der Waals surface area contributed by atoms with Crippen LogP contribution in [0.3, 0.4) is 0 Å². The van der Waals surface area contributed by atoms with Crippen molar-refractivity contribution in [2.75, 3.05) is 6.54 Å². The van der Waals surface area contributed by atoms with Gasteiger partial charge in [-0.1, -0.05) is 48.5 Å². The number of aliphatic carboxylic acids is 1. The van der Waals surface area contributed by atoms with Crippen molar-refractivity contribution in [1.82, 2.24) is 20.5 Å². The lowest BCUT2D eigenvalue weighted by molar-refractivity contribution is -0.149. The predicted octanol–water partition coefficient (Wildman–Crippen LogP) is 0.591. The van der Waals surface area contributed by atoms with Crippen LogP contribution in [-0.2, 0) is 36.8 Å². The molecule has 0 bridgehead atoms. The number of aromatic nitrogens is 1. The van der Waals surface area contributed by atoms with E-state index in [0.29, 0.717) is 12.8 Å².